The Morgan fingerprint density at radius 1 is 1.07 bits per heavy atom. The fourth-order valence-electron chi connectivity index (χ4n) is 6.14. The Morgan fingerprint density at radius 2 is 1.80 bits per heavy atom. The number of β-amino-alcohol motifs (C(OH)–C–C–N with tert-alkyl or cyclic N) is 1. The minimum atomic E-state index is -4.40. The van der Waals surface area contributed by atoms with Gasteiger partial charge in [-0.2, -0.15) is 18.3 Å². The summed E-state index contributed by atoms with van der Waals surface area (Å²) in [5, 5.41) is 16.7. The van der Waals surface area contributed by atoms with E-state index in [1.54, 1.807) is 21.7 Å². The lowest BCUT2D eigenvalue weighted by atomic mass is 9.97. The van der Waals surface area contributed by atoms with Crippen molar-refractivity contribution in [3.8, 4) is 11.3 Å². The van der Waals surface area contributed by atoms with Crippen LogP contribution in [-0.2, 0) is 30.5 Å². The summed E-state index contributed by atoms with van der Waals surface area (Å²) in [5.74, 6) is 0.0965. The van der Waals surface area contributed by atoms with E-state index in [0.29, 0.717) is 42.8 Å². The molecule has 0 radical (unpaired) electrons. The number of hydrogen-bond donors (Lipinski definition) is 1. The van der Waals surface area contributed by atoms with E-state index in [-0.39, 0.29) is 23.9 Å². The predicted molar refractivity (Wildman–Crippen MR) is 156 cm³/mol. The van der Waals surface area contributed by atoms with Crippen molar-refractivity contribution in [2.75, 3.05) is 26.2 Å². The van der Waals surface area contributed by atoms with Gasteiger partial charge in [0, 0.05) is 61.3 Å². The van der Waals surface area contributed by atoms with Crippen LogP contribution in [0.1, 0.15) is 59.5 Å². The lowest BCUT2D eigenvalue weighted by molar-refractivity contribution is -0.137. The highest BCUT2D eigenvalue weighted by molar-refractivity contribution is 7.18. The molecule has 1 amide bonds. The van der Waals surface area contributed by atoms with Crippen LogP contribution >= 0.6 is 11.3 Å². The van der Waals surface area contributed by atoms with Crippen LogP contribution < -0.4 is 0 Å². The molecule has 6 rings (SSSR count). The molecule has 0 spiro atoms. The molecule has 2 aromatic carbocycles. The molecule has 1 N–H and O–H groups in total. The number of aromatic nitrogens is 3. The Bertz CT molecular complexity index is 1640. The highest BCUT2D eigenvalue weighted by Gasteiger charge is 2.32. The number of amides is 1. The summed E-state index contributed by atoms with van der Waals surface area (Å²) in [4.78, 5) is 20.5. The monoisotopic (exact) mass is 633 g/mol. The maximum absolute atomic E-state index is 13.1. The number of alkyl halides is 5. The topological polar surface area (TPSA) is 74.5 Å². The molecular weight excluding hydrogens is 601 g/mol. The first-order valence-corrected chi connectivity index (χ1v) is 15.4. The number of likely N-dealkylation sites (tertiary alicyclic amines) is 1. The molecule has 2 aromatic heterocycles. The maximum atomic E-state index is 13.1. The third kappa shape index (κ3) is 6.36. The molecule has 1 fully saturated rings. The van der Waals surface area contributed by atoms with Gasteiger partial charge in [0.1, 0.15) is 0 Å². The summed E-state index contributed by atoms with van der Waals surface area (Å²) < 4.78 is 68.1. The van der Waals surface area contributed by atoms with Crippen molar-refractivity contribution in [1.29, 1.82) is 0 Å². The number of halogens is 5. The number of thiazole rings is 1. The highest BCUT2D eigenvalue weighted by atomic mass is 32.1. The number of piperidine rings is 1. The number of carbonyl (C=O) groups excluding carboxylic acids is 1. The van der Waals surface area contributed by atoms with Gasteiger partial charge >= 0.3 is 6.18 Å². The molecule has 2 aliphatic heterocycles. The van der Waals surface area contributed by atoms with Crippen molar-refractivity contribution in [3.05, 3.63) is 69.9 Å². The summed E-state index contributed by atoms with van der Waals surface area (Å²) in [6.45, 7) is 4.52. The fraction of sp³-hybridized carbons (Fsp3) is 0.452. The first kappa shape index (κ1) is 30.6. The average Bonchev–Trinajstić information content (AvgIpc) is 3.58. The largest absolute Gasteiger partial charge is 0.416 e. The van der Waals surface area contributed by atoms with Crippen molar-refractivity contribution >= 4 is 27.5 Å². The Balaban J connectivity index is 1.12. The second-order valence-electron chi connectivity index (χ2n) is 11.5. The number of rotatable bonds is 7. The number of fused-ring (bicyclic) bond motifs is 2. The van der Waals surface area contributed by atoms with E-state index in [1.165, 1.54) is 36.5 Å². The van der Waals surface area contributed by atoms with Gasteiger partial charge in [-0.05, 0) is 44.1 Å². The Hall–Kier alpha value is -3.42. The standard InChI is InChI=1S/C31H32F5N5O2S/c1-18(42)40-13-10-26-24(17-40)28(19-2-4-20(5-3-19)29(32)33)38-41(26)16-23(43)15-39-11-8-21(9-12-39)30-37-25-14-22(31(34,35)36)6-7-27(25)44-30/h2-7,14,21,23,29,43H,8-13,15-17H2,1H3. The van der Waals surface area contributed by atoms with Gasteiger partial charge in [0.2, 0.25) is 5.91 Å². The third-order valence-electron chi connectivity index (χ3n) is 8.54. The molecule has 44 heavy (non-hydrogen) atoms. The van der Waals surface area contributed by atoms with Gasteiger partial charge in [0.05, 0.1) is 39.1 Å². The van der Waals surface area contributed by atoms with Gasteiger partial charge < -0.3 is 14.9 Å². The quantitative estimate of drug-likeness (QED) is 0.243. The lowest BCUT2D eigenvalue weighted by Crippen LogP contribution is -2.40. The molecule has 0 bridgehead atoms. The van der Waals surface area contributed by atoms with E-state index >= 15 is 0 Å². The van der Waals surface area contributed by atoms with E-state index in [1.807, 2.05) is 0 Å². The minimum absolute atomic E-state index is 0.0530. The number of nitrogens with zero attached hydrogens (tertiary/aromatic N) is 5. The third-order valence-corrected chi connectivity index (χ3v) is 9.74. The van der Waals surface area contributed by atoms with Crippen LogP contribution in [0, 0.1) is 0 Å². The number of aliphatic hydroxyl groups excluding tert-OH is 1. The van der Waals surface area contributed by atoms with Crippen molar-refractivity contribution in [3.63, 3.8) is 0 Å². The zero-order chi connectivity index (χ0) is 31.2. The molecule has 0 aliphatic carbocycles. The molecule has 234 valence electrons. The Morgan fingerprint density at radius 3 is 2.45 bits per heavy atom. The number of aliphatic hydroxyl groups is 1. The molecule has 2 aliphatic rings. The van der Waals surface area contributed by atoms with Crippen LogP contribution in [0.2, 0.25) is 0 Å². The normalized spacial score (nSPS) is 17.4. The molecule has 0 saturated carbocycles. The summed E-state index contributed by atoms with van der Waals surface area (Å²) in [6.07, 6.45) is -5.56. The van der Waals surface area contributed by atoms with Gasteiger partial charge in [0.25, 0.3) is 6.43 Å². The molecule has 4 aromatic rings. The van der Waals surface area contributed by atoms with Crippen molar-refractivity contribution in [2.24, 2.45) is 0 Å². The predicted octanol–water partition coefficient (Wildman–Crippen LogP) is 6.26. The van der Waals surface area contributed by atoms with Crippen LogP contribution in [0.25, 0.3) is 21.5 Å². The van der Waals surface area contributed by atoms with Gasteiger partial charge in [-0.25, -0.2) is 13.8 Å². The molecule has 1 saturated heterocycles. The van der Waals surface area contributed by atoms with Crippen LogP contribution in [0.4, 0.5) is 22.0 Å². The molecule has 1 atom stereocenters. The van der Waals surface area contributed by atoms with Gasteiger partial charge in [-0.3, -0.25) is 9.48 Å². The summed E-state index contributed by atoms with van der Waals surface area (Å²) in [5.41, 5.74) is 2.69. The Labute approximate surface area is 254 Å². The molecule has 4 heterocycles. The van der Waals surface area contributed by atoms with E-state index in [0.717, 1.165) is 59.0 Å². The second kappa shape index (κ2) is 12.2. The average molecular weight is 634 g/mol. The maximum Gasteiger partial charge on any atom is 0.416 e. The lowest BCUT2D eigenvalue weighted by Gasteiger charge is -2.32. The Kier molecular flexibility index (Phi) is 8.46. The second-order valence-corrected chi connectivity index (χ2v) is 12.6. The zero-order valence-electron chi connectivity index (χ0n) is 24.0. The molecule has 1 unspecified atom stereocenters. The van der Waals surface area contributed by atoms with Crippen molar-refractivity contribution in [2.45, 2.75) is 63.9 Å². The SMILES string of the molecule is CC(=O)N1CCc2c(c(-c3ccc(C(F)F)cc3)nn2CC(O)CN2CCC(c3nc4cc(C(F)(F)F)ccc4s3)CC2)C1. The van der Waals surface area contributed by atoms with E-state index in [4.69, 9.17) is 5.10 Å². The number of hydrogen-bond acceptors (Lipinski definition) is 6. The van der Waals surface area contributed by atoms with Crippen LogP contribution in [0.15, 0.2) is 42.5 Å². The van der Waals surface area contributed by atoms with Gasteiger partial charge in [0.15, 0.2) is 0 Å². The number of carbonyl (C=O) groups is 1. The van der Waals surface area contributed by atoms with Gasteiger partial charge in [-0.1, -0.05) is 24.3 Å². The first-order valence-electron chi connectivity index (χ1n) is 14.6. The van der Waals surface area contributed by atoms with Crippen molar-refractivity contribution < 1.29 is 31.9 Å². The van der Waals surface area contributed by atoms with E-state index < -0.39 is 24.3 Å². The first-order chi connectivity index (χ1) is 21.0. The molecule has 13 heteroatoms. The minimum Gasteiger partial charge on any atom is -0.390 e. The highest BCUT2D eigenvalue weighted by Crippen LogP contribution is 2.37. The molecular formula is C31H32F5N5O2S. The zero-order valence-corrected chi connectivity index (χ0v) is 24.8. The van der Waals surface area contributed by atoms with Crippen molar-refractivity contribution in [1.82, 2.24) is 24.6 Å². The fourth-order valence-corrected chi connectivity index (χ4v) is 7.26. The van der Waals surface area contributed by atoms with Crippen LogP contribution in [0.3, 0.4) is 0 Å². The van der Waals surface area contributed by atoms with E-state index in [2.05, 4.69) is 9.88 Å². The number of benzene rings is 2. The summed E-state index contributed by atoms with van der Waals surface area (Å²) in [6, 6.07) is 9.67. The summed E-state index contributed by atoms with van der Waals surface area (Å²) >= 11 is 1.44. The van der Waals surface area contributed by atoms with Crippen LogP contribution in [-0.4, -0.2) is 67.9 Å². The van der Waals surface area contributed by atoms with E-state index in [9.17, 15) is 31.9 Å². The van der Waals surface area contributed by atoms with Crippen LogP contribution in [0.5, 0.6) is 0 Å². The smallest absolute Gasteiger partial charge is 0.390 e. The summed E-state index contributed by atoms with van der Waals surface area (Å²) in [7, 11) is 0. The van der Waals surface area contributed by atoms with Gasteiger partial charge in [-0.15, -0.1) is 11.3 Å². The molecule has 7 nitrogen and oxygen atoms in total.